The standard InChI is InChI=1S/C17H23N5OS/c1-2-14-19-17(24-20-14)22-10-6-9-21(11-12-22)15(16(18)23)13-7-4-3-5-8-13/h3-5,7-8,15H,2,6,9-12H2,1H3,(H2,18,23)/t15-/m1/s1. The van der Waals surface area contributed by atoms with Gasteiger partial charge in [0.1, 0.15) is 11.9 Å². The zero-order valence-corrected chi connectivity index (χ0v) is 14.7. The van der Waals surface area contributed by atoms with Crippen molar-refractivity contribution in [3.63, 3.8) is 0 Å². The van der Waals surface area contributed by atoms with Gasteiger partial charge in [-0.05, 0) is 12.0 Å². The van der Waals surface area contributed by atoms with Crippen LogP contribution in [0.2, 0.25) is 0 Å². The number of hydrogen-bond donors (Lipinski definition) is 1. The average Bonchev–Trinajstić information content (AvgIpc) is 2.95. The SMILES string of the molecule is CCc1nsc(N2CCCN([C@@H](C(N)=O)c3ccccc3)CC2)n1. The number of rotatable bonds is 5. The summed E-state index contributed by atoms with van der Waals surface area (Å²) in [6.07, 6.45) is 1.83. The lowest BCUT2D eigenvalue weighted by Crippen LogP contribution is -2.40. The van der Waals surface area contributed by atoms with E-state index in [1.165, 1.54) is 11.5 Å². The molecule has 1 aromatic heterocycles. The van der Waals surface area contributed by atoms with E-state index in [0.717, 1.165) is 55.5 Å². The first-order valence-corrected chi connectivity index (χ1v) is 9.12. The number of anilines is 1. The minimum atomic E-state index is -0.369. The molecule has 128 valence electrons. The van der Waals surface area contributed by atoms with Crippen LogP contribution in [0.25, 0.3) is 0 Å². The van der Waals surface area contributed by atoms with E-state index >= 15 is 0 Å². The smallest absolute Gasteiger partial charge is 0.239 e. The molecule has 1 aromatic carbocycles. The van der Waals surface area contributed by atoms with Crippen molar-refractivity contribution in [3.8, 4) is 0 Å². The zero-order valence-electron chi connectivity index (χ0n) is 13.9. The number of hydrogen-bond acceptors (Lipinski definition) is 6. The van der Waals surface area contributed by atoms with E-state index in [2.05, 4.69) is 26.1 Å². The van der Waals surface area contributed by atoms with Crippen molar-refractivity contribution in [2.45, 2.75) is 25.8 Å². The number of aryl methyl sites for hydroxylation is 1. The first-order valence-electron chi connectivity index (χ1n) is 8.35. The van der Waals surface area contributed by atoms with E-state index in [4.69, 9.17) is 5.73 Å². The Bertz CT molecular complexity index is 675. The third-order valence-electron chi connectivity index (χ3n) is 4.32. The Balaban J connectivity index is 1.73. The molecular formula is C17H23N5OS. The summed E-state index contributed by atoms with van der Waals surface area (Å²) < 4.78 is 4.37. The molecule has 1 atom stereocenters. The highest BCUT2D eigenvalue weighted by Crippen LogP contribution is 2.24. The lowest BCUT2D eigenvalue weighted by atomic mass is 10.0. The number of carbonyl (C=O) groups excluding carboxylic acids is 1. The molecule has 24 heavy (non-hydrogen) atoms. The summed E-state index contributed by atoms with van der Waals surface area (Å²) in [6, 6.07) is 9.41. The van der Waals surface area contributed by atoms with E-state index in [-0.39, 0.29) is 11.9 Å². The first-order chi connectivity index (χ1) is 11.7. The number of aromatic nitrogens is 2. The monoisotopic (exact) mass is 345 g/mol. The molecule has 2 aromatic rings. The summed E-state index contributed by atoms with van der Waals surface area (Å²) in [5.74, 6) is 0.606. The van der Waals surface area contributed by atoms with Crippen LogP contribution in [0.3, 0.4) is 0 Å². The predicted molar refractivity (Wildman–Crippen MR) is 96.1 cm³/mol. The van der Waals surface area contributed by atoms with Crippen LogP contribution in [0, 0.1) is 0 Å². The molecule has 7 heteroatoms. The van der Waals surface area contributed by atoms with Crippen LogP contribution in [0.15, 0.2) is 30.3 Å². The maximum Gasteiger partial charge on any atom is 0.239 e. The van der Waals surface area contributed by atoms with Crippen LogP contribution in [0.5, 0.6) is 0 Å². The second-order valence-corrected chi connectivity index (χ2v) is 6.67. The molecule has 0 aliphatic carbocycles. The van der Waals surface area contributed by atoms with Crippen molar-refractivity contribution in [1.82, 2.24) is 14.3 Å². The van der Waals surface area contributed by atoms with Crippen molar-refractivity contribution in [2.24, 2.45) is 5.73 Å². The number of primary amides is 1. The zero-order chi connectivity index (χ0) is 16.9. The maximum atomic E-state index is 12.1. The van der Waals surface area contributed by atoms with Gasteiger partial charge in [-0.25, -0.2) is 4.98 Å². The molecule has 1 aliphatic rings. The van der Waals surface area contributed by atoms with E-state index in [9.17, 15) is 4.79 Å². The maximum absolute atomic E-state index is 12.1. The van der Waals surface area contributed by atoms with Gasteiger partial charge in [-0.15, -0.1) is 0 Å². The second-order valence-electron chi connectivity index (χ2n) is 5.94. The summed E-state index contributed by atoms with van der Waals surface area (Å²) in [4.78, 5) is 21.1. The van der Waals surface area contributed by atoms with Gasteiger partial charge in [0.05, 0.1) is 0 Å². The van der Waals surface area contributed by atoms with E-state index in [1.807, 2.05) is 30.3 Å². The Labute approximate surface area is 146 Å². The lowest BCUT2D eigenvalue weighted by molar-refractivity contribution is -0.123. The summed E-state index contributed by atoms with van der Waals surface area (Å²) in [7, 11) is 0. The lowest BCUT2D eigenvalue weighted by Gasteiger charge is -2.28. The van der Waals surface area contributed by atoms with Gasteiger partial charge in [0.15, 0.2) is 0 Å². The van der Waals surface area contributed by atoms with Crippen LogP contribution in [-0.4, -0.2) is 46.3 Å². The molecule has 6 nitrogen and oxygen atoms in total. The molecule has 0 spiro atoms. The van der Waals surface area contributed by atoms with Gasteiger partial charge < -0.3 is 10.6 Å². The predicted octanol–water partition coefficient (Wildman–Crippen LogP) is 1.84. The fraction of sp³-hybridized carbons (Fsp3) is 0.471. The average molecular weight is 345 g/mol. The first kappa shape index (κ1) is 16.9. The number of amides is 1. The third-order valence-corrected chi connectivity index (χ3v) is 5.14. The van der Waals surface area contributed by atoms with Crippen LogP contribution >= 0.6 is 11.5 Å². The van der Waals surface area contributed by atoms with Gasteiger partial charge in [-0.3, -0.25) is 9.69 Å². The Hall–Kier alpha value is -1.99. The van der Waals surface area contributed by atoms with Gasteiger partial charge in [-0.2, -0.15) is 4.37 Å². The molecule has 2 heterocycles. The number of nitrogens with zero attached hydrogens (tertiary/aromatic N) is 4. The van der Waals surface area contributed by atoms with Crippen LogP contribution in [0.4, 0.5) is 5.13 Å². The number of carbonyl (C=O) groups is 1. The Morgan fingerprint density at radius 1 is 1.25 bits per heavy atom. The highest BCUT2D eigenvalue weighted by Gasteiger charge is 2.28. The van der Waals surface area contributed by atoms with Crippen LogP contribution in [-0.2, 0) is 11.2 Å². The molecule has 0 saturated carbocycles. The van der Waals surface area contributed by atoms with Crippen LogP contribution < -0.4 is 10.6 Å². The quantitative estimate of drug-likeness (QED) is 0.895. The topological polar surface area (TPSA) is 75.3 Å². The molecule has 0 radical (unpaired) electrons. The summed E-state index contributed by atoms with van der Waals surface area (Å²) in [6.45, 7) is 5.44. The fourth-order valence-corrected chi connectivity index (χ4v) is 3.90. The Kier molecular flexibility index (Phi) is 5.42. The number of benzene rings is 1. The molecule has 0 unspecified atom stereocenters. The van der Waals surface area contributed by atoms with Gasteiger partial charge in [0.2, 0.25) is 11.0 Å². The van der Waals surface area contributed by atoms with Gasteiger partial charge in [0, 0.05) is 44.1 Å². The molecule has 3 rings (SSSR count). The van der Waals surface area contributed by atoms with Crippen molar-refractivity contribution in [1.29, 1.82) is 0 Å². The van der Waals surface area contributed by atoms with E-state index in [1.54, 1.807) is 0 Å². The van der Waals surface area contributed by atoms with Gasteiger partial charge in [0.25, 0.3) is 0 Å². The fourth-order valence-electron chi connectivity index (χ4n) is 3.09. The normalized spacial score (nSPS) is 17.5. The summed E-state index contributed by atoms with van der Waals surface area (Å²) in [5, 5.41) is 0.976. The Morgan fingerprint density at radius 3 is 2.71 bits per heavy atom. The van der Waals surface area contributed by atoms with Gasteiger partial charge >= 0.3 is 0 Å². The molecule has 1 fully saturated rings. The highest BCUT2D eigenvalue weighted by atomic mass is 32.1. The van der Waals surface area contributed by atoms with Crippen molar-refractivity contribution < 1.29 is 4.79 Å². The minimum absolute atomic E-state index is 0.293. The Morgan fingerprint density at radius 2 is 2.04 bits per heavy atom. The molecule has 1 amide bonds. The molecule has 1 aliphatic heterocycles. The van der Waals surface area contributed by atoms with Crippen molar-refractivity contribution in [2.75, 3.05) is 31.1 Å². The molecule has 0 bridgehead atoms. The van der Waals surface area contributed by atoms with E-state index in [0.29, 0.717) is 0 Å². The third kappa shape index (κ3) is 3.73. The largest absolute Gasteiger partial charge is 0.368 e. The summed E-state index contributed by atoms with van der Waals surface area (Å²) in [5.41, 5.74) is 6.66. The summed E-state index contributed by atoms with van der Waals surface area (Å²) >= 11 is 1.46. The number of nitrogens with two attached hydrogens (primary N) is 1. The van der Waals surface area contributed by atoms with Crippen molar-refractivity contribution in [3.05, 3.63) is 41.7 Å². The van der Waals surface area contributed by atoms with Gasteiger partial charge in [-0.1, -0.05) is 37.3 Å². The second kappa shape index (κ2) is 7.72. The molecule has 1 saturated heterocycles. The van der Waals surface area contributed by atoms with E-state index < -0.39 is 0 Å². The van der Waals surface area contributed by atoms with Crippen molar-refractivity contribution >= 4 is 22.6 Å². The molecular weight excluding hydrogens is 322 g/mol. The van der Waals surface area contributed by atoms with Crippen LogP contribution in [0.1, 0.15) is 30.8 Å². The highest BCUT2D eigenvalue weighted by molar-refractivity contribution is 7.09. The minimum Gasteiger partial charge on any atom is -0.368 e. The molecule has 2 N–H and O–H groups in total.